The molecule has 1 aliphatic rings. The Bertz CT molecular complexity index is 1250. The number of aryl methyl sites for hydroxylation is 1. The van der Waals surface area contributed by atoms with Gasteiger partial charge in [-0.3, -0.25) is 9.78 Å². The van der Waals surface area contributed by atoms with E-state index in [1.165, 1.54) is 4.90 Å². The average Bonchev–Trinajstić information content (AvgIpc) is 2.83. The Morgan fingerprint density at radius 3 is 2.71 bits per heavy atom. The fraction of sp³-hybridized carbons (Fsp3) is 0.360. The second kappa shape index (κ2) is 9.75. The number of nitrogens with zero attached hydrogens (tertiary/aromatic N) is 4. The molecule has 2 aromatic heterocycles. The molecule has 3 aromatic rings. The minimum absolute atomic E-state index is 0.0258. The number of carboxylic acid groups (broad SMARTS) is 1. The fourth-order valence-corrected chi connectivity index (χ4v) is 4.88. The average molecular weight is 478 g/mol. The molecule has 1 aromatic carbocycles. The van der Waals surface area contributed by atoms with Gasteiger partial charge in [0.05, 0.1) is 34.8 Å². The number of pyridine rings is 2. The number of nitrogens with one attached hydrogen (secondary N) is 1. The van der Waals surface area contributed by atoms with E-state index in [0.717, 1.165) is 23.1 Å². The molecule has 1 aliphatic heterocycles. The van der Waals surface area contributed by atoms with Gasteiger partial charge in [-0.2, -0.15) is 0 Å². The van der Waals surface area contributed by atoms with Gasteiger partial charge in [0.25, 0.3) is 5.91 Å². The van der Waals surface area contributed by atoms with Crippen LogP contribution < -0.4 is 21.7 Å². The van der Waals surface area contributed by atoms with Crippen molar-refractivity contribution in [3.8, 4) is 0 Å². The molecule has 0 saturated carbocycles. The minimum atomic E-state index is -1.01. The summed E-state index contributed by atoms with van der Waals surface area (Å²) in [6.45, 7) is 5.03. The van der Waals surface area contributed by atoms with Crippen LogP contribution in [0, 0.1) is 5.92 Å². The summed E-state index contributed by atoms with van der Waals surface area (Å²) >= 11 is 0. The number of benzene rings is 1. The number of rotatable bonds is 5. The number of piperidine rings is 1. The lowest BCUT2D eigenvalue weighted by atomic mass is 9.89. The maximum atomic E-state index is 13.2. The quantitative estimate of drug-likeness (QED) is 0.438. The summed E-state index contributed by atoms with van der Waals surface area (Å²) < 4.78 is 0. The molecule has 35 heavy (non-hydrogen) atoms. The zero-order valence-corrected chi connectivity index (χ0v) is 20.1. The number of carbonyl (C=O) groups is 2. The molecule has 0 unspecified atom stereocenters. The molecule has 10 heteroatoms. The number of amides is 2. The van der Waals surface area contributed by atoms with Crippen LogP contribution in [-0.2, 0) is 6.42 Å². The lowest BCUT2D eigenvalue weighted by Crippen LogP contribution is -2.62. The maximum Gasteiger partial charge on any atom is 0.407 e. The van der Waals surface area contributed by atoms with Crippen molar-refractivity contribution in [2.24, 2.45) is 11.7 Å². The van der Waals surface area contributed by atoms with Gasteiger partial charge in [0, 0.05) is 37.8 Å². The number of carbonyl (C=O) groups excluding carboxylic acids is 1. The molecule has 6 N–H and O–H groups in total. The smallest absolute Gasteiger partial charge is 0.407 e. The molecule has 4 rings (SSSR count). The molecule has 3 atom stereocenters. The Labute approximate surface area is 203 Å². The number of hydrogen-bond acceptors (Lipinski definition) is 7. The van der Waals surface area contributed by atoms with E-state index in [1.807, 2.05) is 30.0 Å². The van der Waals surface area contributed by atoms with E-state index in [2.05, 4.69) is 22.2 Å². The third kappa shape index (κ3) is 4.83. The van der Waals surface area contributed by atoms with E-state index in [0.29, 0.717) is 24.3 Å². The summed E-state index contributed by atoms with van der Waals surface area (Å²) in [4.78, 5) is 36.7. The molecule has 0 bridgehead atoms. The minimum Gasteiger partial charge on any atom is -0.465 e. The molecular formula is C25H31N7O3. The van der Waals surface area contributed by atoms with Gasteiger partial charge >= 0.3 is 6.09 Å². The summed E-state index contributed by atoms with van der Waals surface area (Å²) in [7, 11) is 1.54. The first-order valence-electron chi connectivity index (χ1n) is 11.6. The number of nitrogens with two attached hydrogens (primary N) is 2. The predicted molar refractivity (Wildman–Crippen MR) is 137 cm³/mol. The first-order chi connectivity index (χ1) is 16.7. The molecule has 0 radical (unpaired) electrons. The molecule has 0 aliphatic carbocycles. The number of aromatic nitrogens is 2. The molecule has 3 heterocycles. The lowest BCUT2D eigenvalue weighted by Gasteiger charge is -2.45. The van der Waals surface area contributed by atoms with Crippen molar-refractivity contribution in [1.82, 2.24) is 14.9 Å². The monoisotopic (exact) mass is 477 g/mol. The van der Waals surface area contributed by atoms with Crippen LogP contribution in [0.2, 0.25) is 0 Å². The van der Waals surface area contributed by atoms with E-state index in [9.17, 15) is 14.7 Å². The van der Waals surface area contributed by atoms with Gasteiger partial charge in [0.1, 0.15) is 0 Å². The Morgan fingerprint density at radius 2 is 2.03 bits per heavy atom. The van der Waals surface area contributed by atoms with Crippen molar-refractivity contribution in [2.45, 2.75) is 32.4 Å². The van der Waals surface area contributed by atoms with Crippen LogP contribution in [0.4, 0.5) is 21.9 Å². The molecule has 10 nitrogen and oxygen atoms in total. The van der Waals surface area contributed by atoms with Crippen molar-refractivity contribution in [1.29, 1.82) is 0 Å². The van der Waals surface area contributed by atoms with Gasteiger partial charge in [0.2, 0.25) is 0 Å². The van der Waals surface area contributed by atoms with E-state index >= 15 is 0 Å². The van der Waals surface area contributed by atoms with E-state index in [4.69, 9.17) is 11.5 Å². The molecule has 0 spiro atoms. The Kier molecular flexibility index (Phi) is 6.74. The van der Waals surface area contributed by atoms with Gasteiger partial charge in [0.15, 0.2) is 5.69 Å². The van der Waals surface area contributed by atoms with Crippen molar-refractivity contribution in [3.05, 3.63) is 54.0 Å². The molecule has 1 saturated heterocycles. The first kappa shape index (κ1) is 24.2. The van der Waals surface area contributed by atoms with Crippen molar-refractivity contribution >= 4 is 40.0 Å². The second-order valence-corrected chi connectivity index (χ2v) is 9.08. The summed E-state index contributed by atoms with van der Waals surface area (Å²) in [6.07, 6.45) is 3.08. The van der Waals surface area contributed by atoms with Crippen molar-refractivity contribution in [3.63, 3.8) is 0 Å². The topological polar surface area (TPSA) is 151 Å². The number of hydrogen-bond donors (Lipinski definition) is 4. The SMILES string of the molecule is CCc1ccc2cc(N)c(C(=O)Nc3cnccc3N3C[C@@H](N)[C@@H](N(C)C(=O)O)[C@@H](C)C3)nc2c1. The highest BCUT2D eigenvalue weighted by Gasteiger charge is 2.37. The zero-order valence-electron chi connectivity index (χ0n) is 20.1. The maximum absolute atomic E-state index is 13.2. The van der Waals surface area contributed by atoms with E-state index in [-0.39, 0.29) is 23.3 Å². The standard InChI is InChI=1S/C25H31N7O3/c1-4-15-5-6-16-10-17(26)22(29-19(16)9-15)24(33)30-20-11-28-8-7-21(20)32-12-14(2)23(18(27)13-32)31(3)25(34)35/h5-11,14,18,23H,4,12-13,26-27H2,1-3H3,(H,30,33)(H,34,35)/t14-,18+,23-/m0/s1. The summed E-state index contributed by atoms with van der Waals surface area (Å²) in [5.41, 5.74) is 16.1. The molecule has 2 amide bonds. The van der Waals surface area contributed by atoms with Gasteiger partial charge in [-0.25, -0.2) is 9.78 Å². The summed E-state index contributed by atoms with van der Waals surface area (Å²) in [5, 5.41) is 13.2. The van der Waals surface area contributed by atoms with Crippen LogP contribution in [0.3, 0.4) is 0 Å². The van der Waals surface area contributed by atoms with Crippen LogP contribution in [0.5, 0.6) is 0 Å². The fourth-order valence-electron chi connectivity index (χ4n) is 4.88. The van der Waals surface area contributed by atoms with E-state index in [1.54, 1.807) is 31.6 Å². The van der Waals surface area contributed by atoms with Crippen LogP contribution in [-0.4, -0.2) is 64.2 Å². The molecule has 184 valence electrons. The second-order valence-electron chi connectivity index (χ2n) is 9.08. The van der Waals surface area contributed by atoms with Gasteiger partial charge in [-0.1, -0.05) is 26.0 Å². The highest BCUT2D eigenvalue weighted by atomic mass is 16.4. The number of nitrogen functional groups attached to an aromatic ring is 1. The van der Waals surface area contributed by atoms with Gasteiger partial charge in [-0.15, -0.1) is 0 Å². The normalized spacial score (nSPS) is 20.0. The predicted octanol–water partition coefficient (Wildman–Crippen LogP) is 2.79. The summed E-state index contributed by atoms with van der Waals surface area (Å²) in [6, 6.07) is 8.79. The number of anilines is 3. The van der Waals surface area contributed by atoms with Crippen LogP contribution in [0.15, 0.2) is 42.7 Å². The van der Waals surface area contributed by atoms with Crippen LogP contribution in [0.1, 0.15) is 29.9 Å². The van der Waals surface area contributed by atoms with Gasteiger partial charge in [-0.05, 0) is 36.1 Å². The largest absolute Gasteiger partial charge is 0.465 e. The summed E-state index contributed by atoms with van der Waals surface area (Å²) in [5.74, 6) is -0.458. The van der Waals surface area contributed by atoms with Crippen LogP contribution in [0.25, 0.3) is 10.9 Å². The number of likely N-dealkylation sites (N-methyl/N-ethyl adjacent to an activating group) is 1. The van der Waals surface area contributed by atoms with Crippen LogP contribution >= 0.6 is 0 Å². The van der Waals surface area contributed by atoms with E-state index < -0.39 is 18.0 Å². The zero-order chi connectivity index (χ0) is 25.3. The third-order valence-electron chi connectivity index (χ3n) is 6.63. The van der Waals surface area contributed by atoms with Gasteiger partial charge < -0.3 is 31.7 Å². The first-order valence-corrected chi connectivity index (χ1v) is 11.6. The highest BCUT2D eigenvalue weighted by molar-refractivity contribution is 6.09. The molecular weight excluding hydrogens is 446 g/mol. The Balaban J connectivity index is 1.59. The Morgan fingerprint density at radius 1 is 1.26 bits per heavy atom. The van der Waals surface area contributed by atoms with Crippen molar-refractivity contribution < 1.29 is 14.7 Å². The molecule has 1 fully saturated rings. The highest BCUT2D eigenvalue weighted by Crippen LogP contribution is 2.31. The third-order valence-corrected chi connectivity index (χ3v) is 6.63. The Hall–Kier alpha value is -3.92. The lowest BCUT2D eigenvalue weighted by molar-refractivity contribution is 0.102. The number of fused-ring (bicyclic) bond motifs is 1. The van der Waals surface area contributed by atoms with Crippen molar-refractivity contribution in [2.75, 3.05) is 36.1 Å².